The Balaban J connectivity index is 2.87. The van der Waals surface area contributed by atoms with Crippen LogP contribution >= 0.6 is 0 Å². The Morgan fingerprint density at radius 3 is 2.25 bits per heavy atom. The molecule has 6 heteroatoms. The van der Waals surface area contributed by atoms with E-state index < -0.39 is 5.60 Å². The molecular formula is C14H21NO5. The molecular weight excluding hydrogens is 262 g/mol. The zero-order chi connectivity index (χ0) is 15.2. The van der Waals surface area contributed by atoms with Crippen molar-refractivity contribution in [3.8, 4) is 11.5 Å². The lowest BCUT2D eigenvalue weighted by atomic mass is 10.1. The number of ether oxygens (including phenoxy) is 3. The average molecular weight is 283 g/mol. The van der Waals surface area contributed by atoms with E-state index in [1.54, 1.807) is 25.1 Å². The monoisotopic (exact) mass is 283 g/mol. The number of carbonyl (C=O) groups is 1. The van der Waals surface area contributed by atoms with Crippen LogP contribution in [0.5, 0.6) is 11.5 Å². The molecule has 6 nitrogen and oxygen atoms in total. The third-order valence-corrected chi connectivity index (χ3v) is 2.74. The van der Waals surface area contributed by atoms with Crippen LogP contribution in [0.4, 0.5) is 0 Å². The van der Waals surface area contributed by atoms with Gasteiger partial charge in [-0.2, -0.15) is 0 Å². The maximum atomic E-state index is 12.2. The lowest BCUT2D eigenvalue weighted by Crippen LogP contribution is -2.43. The summed E-state index contributed by atoms with van der Waals surface area (Å²) in [6.45, 7) is 1.76. The quantitative estimate of drug-likeness (QED) is 0.775. The van der Waals surface area contributed by atoms with E-state index in [4.69, 9.17) is 14.2 Å². The average Bonchev–Trinajstić information content (AvgIpc) is 2.43. The standard InChI is InChI=1S/C14H21NO5/c1-14(17,9-18-2)8-15-13(16)12-10(19-3)6-5-7-11(12)20-4/h5-7,17H,8-9H2,1-4H3,(H,15,16). The zero-order valence-corrected chi connectivity index (χ0v) is 12.2. The van der Waals surface area contributed by atoms with Crippen LogP contribution in [0.25, 0.3) is 0 Å². The molecule has 0 heterocycles. The molecule has 1 amide bonds. The number of carbonyl (C=O) groups excluding carboxylic acids is 1. The molecule has 0 bridgehead atoms. The summed E-state index contributed by atoms with van der Waals surface area (Å²) >= 11 is 0. The van der Waals surface area contributed by atoms with E-state index in [0.29, 0.717) is 17.1 Å². The normalized spacial score (nSPS) is 13.4. The first kappa shape index (κ1) is 16.3. The van der Waals surface area contributed by atoms with Crippen molar-refractivity contribution in [1.82, 2.24) is 5.32 Å². The van der Waals surface area contributed by atoms with Gasteiger partial charge in [-0.1, -0.05) is 6.07 Å². The van der Waals surface area contributed by atoms with Crippen molar-refractivity contribution in [2.75, 3.05) is 34.5 Å². The minimum atomic E-state index is -1.14. The van der Waals surface area contributed by atoms with Crippen LogP contribution in [-0.4, -0.2) is 51.1 Å². The van der Waals surface area contributed by atoms with Gasteiger partial charge in [-0.25, -0.2) is 0 Å². The smallest absolute Gasteiger partial charge is 0.258 e. The van der Waals surface area contributed by atoms with Gasteiger partial charge < -0.3 is 24.6 Å². The minimum absolute atomic E-state index is 0.0564. The summed E-state index contributed by atoms with van der Waals surface area (Å²) in [5, 5.41) is 12.6. The van der Waals surface area contributed by atoms with Crippen molar-refractivity contribution >= 4 is 5.91 Å². The predicted molar refractivity (Wildman–Crippen MR) is 74.4 cm³/mol. The van der Waals surface area contributed by atoms with Gasteiger partial charge in [0, 0.05) is 13.7 Å². The molecule has 112 valence electrons. The van der Waals surface area contributed by atoms with Crippen LogP contribution in [0.3, 0.4) is 0 Å². The summed E-state index contributed by atoms with van der Waals surface area (Å²) in [4.78, 5) is 12.2. The molecule has 0 aromatic heterocycles. The molecule has 0 radical (unpaired) electrons. The Bertz CT molecular complexity index is 437. The van der Waals surface area contributed by atoms with Gasteiger partial charge in [0.2, 0.25) is 0 Å². The van der Waals surface area contributed by atoms with Gasteiger partial charge in [-0.3, -0.25) is 4.79 Å². The fourth-order valence-electron chi connectivity index (χ4n) is 1.80. The van der Waals surface area contributed by atoms with E-state index in [0.717, 1.165) is 0 Å². The van der Waals surface area contributed by atoms with Crippen LogP contribution in [0, 0.1) is 0 Å². The second kappa shape index (κ2) is 7.12. The fraction of sp³-hybridized carbons (Fsp3) is 0.500. The Kier molecular flexibility index (Phi) is 5.79. The summed E-state index contributed by atoms with van der Waals surface area (Å²) < 4.78 is 15.2. The molecule has 0 saturated heterocycles. The minimum Gasteiger partial charge on any atom is -0.496 e. The Hall–Kier alpha value is -1.79. The molecule has 1 aromatic rings. The number of nitrogens with one attached hydrogen (secondary N) is 1. The number of methoxy groups -OCH3 is 3. The van der Waals surface area contributed by atoms with Crippen LogP contribution < -0.4 is 14.8 Å². The number of rotatable bonds is 7. The van der Waals surface area contributed by atoms with Gasteiger partial charge in [-0.15, -0.1) is 0 Å². The topological polar surface area (TPSA) is 77.0 Å². The maximum absolute atomic E-state index is 12.2. The zero-order valence-electron chi connectivity index (χ0n) is 12.2. The van der Waals surface area contributed by atoms with Crippen LogP contribution in [0.15, 0.2) is 18.2 Å². The largest absolute Gasteiger partial charge is 0.496 e. The van der Waals surface area contributed by atoms with Crippen molar-refractivity contribution < 1.29 is 24.1 Å². The summed E-state index contributed by atoms with van der Waals surface area (Å²) in [5.74, 6) is 0.442. The van der Waals surface area contributed by atoms with E-state index in [1.807, 2.05) is 0 Å². The number of hydrogen-bond donors (Lipinski definition) is 2. The van der Waals surface area contributed by atoms with Crippen molar-refractivity contribution in [3.63, 3.8) is 0 Å². The molecule has 1 rings (SSSR count). The number of aliphatic hydroxyl groups is 1. The number of amides is 1. The Morgan fingerprint density at radius 2 is 1.80 bits per heavy atom. The predicted octanol–water partition coefficient (Wildman–Crippen LogP) is 0.831. The van der Waals surface area contributed by atoms with Gasteiger partial charge in [0.1, 0.15) is 22.7 Å². The summed E-state index contributed by atoms with van der Waals surface area (Å²) in [6.07, 6.45) is 0. The highest BCUT2D eigenvalue weighted by atomic mass is 16.5. The van der Waals surface area contributed by atoms with E-state index in [1.165, 1.54) is 21.3 Å². The highest BCUT2D eigenvalue weighted by Crippen LogP contribution is 2.27. The fourth-order valence-corrected chi connectivity index (χ4v) is 1.80. The van der Waals surface area contributed by atoms with Crippen molar-refractivity contribution in [3.05, 3.63) is 23.8 Å². The van der Waals surface area contributed by atoms with Gasteiger partial charge in [0.05, 0.1) is 20.8 Å². The highest BCUT2D eigenvalue weighted by Gasteiger charge is 2.24. The van der Waals surface area contributed by atoms with Gasteiger partial charge in [-0.05, 0) is 19.1 Å². The Labute approximate surface area is 118 Å². The number of hydrogen-bond acceptors (Lipinski definition) is 5. The molecule has 20 heavy (non-hydrogen) atoms. The molecule has 0 aliphatic rings. The first-order chi connectivity index (χ1) is 9.45. The third kappa shape index (κ3) is 4.11. The van der Waals surface area contributed by atoms with Gasteiger partial charge in [0.25, 0.3) is 5.91 Å². The summed E-state index contributed by atoms with van der Waals surface area (Å²) in [6, 6.07) is 5.07. The van der Waals surface area contributed by atoms with Crippen molar-refractivity contribution in [2.45, 2.75) is 12.5 Å². The van der Waals surface area contributed by atoms with E-state index >= 15 is 0 Å². The molecule has 2 N–H and O–H groups in total. The maximum Gasteiger partial charge on any atom is 0.258 e. The summed E-state index contributed by atoms with van der Waals surface area (Å²) in [5.41, 5.74) is -0.842. The lowest BCUT2D eigenvalue weighted by Gasteiger charge is -2.23. The molecule has 0 fully saturated rings. The first-order valence-electron chi connectivity index (χ1n) is 6.15. The molecule has 1 unspecified atom stereocenters. The lowest BCUT2D eigenvalue weighted by molar-refractivity contribution is -0.0147. The second-order valence-corrected chi connectivity index (χ2v) is 4.65. The van der Waals surface area contributed by atoms with Crippen LogP contribution in [0.2, 0.25) is 0 Å². The van der Waals surface area contributed by atoms with Crippen molar-refractivity contribution in [1.29, 1.82) is 0 Å². The van der Waals surface area contributed by atoms with Gasteiger partial charge >= 0.3 is 0 Å². The van der Waals surface area contributed by atoms with Crippen molar-refractivity contribution in [2.24, 2.45) is 0 Å². The number of benzene rings is 1. The highest BCUT2D eigenvalue weighted by molar-refractivity contribution is 5.99. The third-order valence-electron chi connectivity index (χ3n) is 2.74. The Morgan fingerprint density at radius 1 is 1.25 bits per heavy atom. The van der Waals surface area contributed by atoms with E-state index in [-0.39, 0.29) is 19.1 Å². The van der Waals surface area contributed by atoms with Gasteiger partial charge in [0.15, 0.2) is 0 Å². The molecule has 1 aromatic carbocycles. The summed E-state index contributed by atoms with van der Waals surface area (Å²) in [7, 11) is 4.44. The first-order valence-corrected chi connectivity index (χ1v) is 6.15. The molecule has 1 atom stereocenters. The molecule has 0 saturated carbocycles. The second-order valence-electron chi connectivity index (χ2n) is 4.65. The van der Waals surface area contributed by atoms with Crippen LogP contribution in [0.1, 0.15) is 17.3 Å². The van der Waals surface area contributed by atoms with E-state index in [2.05, 4.69) is 5.32 Å². The molecule has 0 aliphatic heterocycles. The molecule has 0 aliphatic carbocycles. The van der Waals surface area contributed by atoms with Crippen LogP contribution in [-0.2, 0) is 4.74 Å². The SMILES string of the molecule is COCC(C)(O)CNC(=O)c1c(OC)cccc1OC. The van der Waals surface area contributed by atoms with E-state index in [9.17, 15) is 9.90 Å². The molecule has 0 spiro atoms.